The van der Waals surface area contributed by atoms with Crippen molar-refractivity contribution in [2.75, 3.05) is 13.1 Å². The fourth-order valence-electron chi connectivity index (χ4n) is 2.84. The minimum Gasteiger partial charge on any atom is -0.481 e. The van der Waals surface area contributed by atoms with Crippen LogP contribution in [0.1, 0.15) is 55.2 Å². The maximum atomic E-state index is 12.4. The minimum absolute atomic E-state index is 0.0476. The molecule has 6 nitrogen and oxygen atoms in total. The van der Waals surface area contributed by atoms with Crippen LogP contribution in [0.5, 0.6) is 0 Å². The number of carboxylic acid groups (broad SMARTS) is 1. The van der Waals surface area contributed by atoms with Crippen molar-refractivity contribution in [2.45, 2.75) is 45.4 Å². The molecule has 2 heterocycles. The maximum Gasteiger partial charge on any atom is 0.303 e. The van der Waals surface area contributed by atoms with Crippen LogP contribution >= 0.6 is 0 Å². The van der Waals surface area contributed by atoms with Gasteiger partial charge in [0.1, 0.15) is 5.69 Å². The molecule has 2 N–H and O–H groups in total. The van der Waals surface area contributed by atoms with Crippen molar-refractivity contribution in [1.29, 1.82) is 0 Å². The molecule has 1 fully saturated rings. The number of carbonyl (C=O) groups is 2. The van der Waals surface area contributed by atoms with E-state index < -0.39 is 5.97 Å². The SMILES string of the molecule is CCCc1cc(C(=O)N2CCC[C@@H](CCC(=O)O)C2)n[nH]1. The normalized spacial score (nSPS) is 18.7. The molecular weight excluding hydrogens is 270 g/mol. The number of amides is 1. The number of hydrogen-bond acceptors (Lipinski definition) is 3. The van der Waals surface area contributed by atoms with Crippen LogP contribution < -0.4 is 0 Å². The Hall–Kier alpha value is -1.85. The molecule has 21 heavy (non-hydrogen) atoms. The van der Waals surface area contributed by atoms with Gasteiger partial charge in [0.15, 0.2) is 0 Å². The van der Waals surface area contributed by atoms with Gasteiger partial charge < -0.3 is 10.0 Å². The van der Waals surface area contributed by atoms with Crippen LogP contribution in [0.25, 0.3) is 0 Å². The third-order valence-corrected chi connectivity index (χ3v) is 3.94. The molecular formula is C15H23N3O3. The standard InChI is InChI=1S/C15H23N3O3/c1-2-4-12-9-13(17-16-12)15(21)18-8-3-5-11(10-18)6-7-14(19)20/h9,11H,2-8,10H2,1H3,(H,16,17)(H,19,20)/t11-/m0/s1. The Labute approximate surface area is 124 Å². The average molecular weight is 293 g/mol. The summed E-state index contributed by atoms with van der Waals surface area (Å²) < 4.78 is 0. The molecule has 0 aliphatic carbocycles. The first-order valence-electron chi connectivity index (χ1n) is 7.65. The highest BCUT2D eigenvalue weighted by Gasteiger charge is 2.26. The Balaban J connectivity index is 1.93. The molecule has 0 aromatic carbocycles. The van der Waals surface area contributed by atoms with Crippen molar-refractivity contribution in [3.63, 3.8) is 0 Å². The van der Waals surface area contributed by atoms with Gasteiger partial charge in [-0.2, -0.15) is 5.10 Å². The number of aryl methyl sites for hydroxylation is 1. The van der Waals surface area contributed by atoms with Crippen molar-refractivity contribution in [3.05, 3.63) is 17.5 Å². The first kappa shape index (κ1) is 15.5. The molecule has 1 aliphatic rings. The molecule has 1 saturated heterocycles. The molecule has 0 radical (unpaired) electrons. The van der Waals surface area contributed by atoms with E-state index in [9.17, 15) is 9.59 Å². The molecule has 0 spiro atoms. The number of carboxylic acids is 1. The molecule has 1 aliphatic heterocycles. The fourth-order valence-corrected chi connectivity index (χ4v) is 2.84. The van der Waals surface area contributed by atoms with E-state index in [1.165, 1.54) is 0 Å². The highest BCUT2D eigenvalue weighted by Crippen LogP contribution is 2.22. The third kappa shape index (κ3) is 4.31. The Bertz CT molecular complexity index is 498. The number of carbonyl (C=O) groups excluding carboxylic acids is 1. The largest absolute Gasteiger partial charge is 0.481 e. The van der Waals surface area contributed by atoms with Gasteiger partial charge in [-0.25, -0.2) is 0 Å². The lowest BCUT2D eigenvalue weighted by atomic mass is 9.93. The summed E-state index contributed by atoms with van der Waals surface area (Å²) in [6.45, 7) is 3.46. The van der Waals surface area contributed by atoms with Gasteiger partial charge in [0.05, 0.1) is 0 Å². The lowest BCUT2D eigenvalue weighted by molar-refractivity contribution is -0.137. The average Bonchev–Trinajstić information content (AvgIpc) is 2.94. The van der Waals surface area contributed by atoms with Crippen molar-refractivity contribution < 1.29 is 14.7 Å². The zero-order valence-corrected chi connectivity index (χ0v) is 12.5. The van der Waals surface area contributed by atoms with Crippen LogP contribution in [0.15, 0.2) is 6.07 Å². The van der Waals surface area contributed by atoms with Crippen molar-refractivity contribution in [1.82, 2.24) is 15.1 Å². The summed E-state index contributed by atoms with van der Waals surface area (Å²) in [5.41, 5.74) is 1.46. The Kier molecular flexibility index (Phi) is 5.36. The number of rotatable bonds is 6. The van der Waals surface area contributed by atoms with E-state index in [1.54, 1.807) is 0 Å². The number of aromatic nitrogens is 2. The van der Waals surface area contributed by atoms with Gasteiger partial charge in [0, 0.05) is 25.2 Å². The summed E-state index contributed by atoms with van der Waals surface area (Å²) in [6, 6.07) is 1.83. The Morgan fingerprint density at radius 1 is 1.52 bits per heavy atom. The topological polar surface area (TPSA) is 86.3 Å². The van der Waals surface area contributed by atoms with Crippen LogP contribution in [0.4, 0.5) is 0 Å². The van der Waals surface area contributed by atoms with Gasteiger partial charge >= 0.3 is 5.97 Å². The zero-order chi connectivity index (χ0) is 15.2. The van der Waals surface area contributed by atoms with Gasteiger partial charge in [-0.1, -0.05) is 13.3 Å². The highest BCUT2D eigenvalue weighted by atomic mass is 16.4. The number of nitrogens with one attached hydrogen (secondary N) is 1. The zero-order valence-electron chi connectivity index (χ0n) is 12.5. The molecule has 1 amide bonds. The van der Waals surface area contributed by atoms with Crippen molar-refractivity contribution >= 4 is 11.9 Å². The first-order valence-corrected chi connectivity index (χ1v) is 7.65. The van der Waals surface area contributed by atoms with Gasteiger partial charge in [-0.05, 0) is 37.7 Å². The predicted molar refractivity (Wildman–Crippen MR) is 78.1 cm³/mol. The predicted octanol–water partition coefficient (Wildman–Crippen LogP) is 2.08. The monoisotopic (exact) mass is 293 g/mol. The number of likely N-dealkylation sites (tertiary alicyclic amines) is 1. The lowest BCUT2D eigenvalue weighted by Crippen LogP contribution is -2.40. The summed E-state index contributed by atoms with van der Waals surface area (Å²) in [7, 11) is 0. The smallest absolute Gasteiger partial charge is 0.303 e. The molecule has 116 valence electrons. The van der Waals surface area contributed by atoms with Crippen LogP contribution in [0.2, 0.25) is 0 Å². The Morgan fingerprint density at radius 2 is 2.33 bits per heavy atom. The number of H-pyrrole nitrogens is 1. The number of aromatic amines is 1. The molecule has 1 aromatic rings. The highest BCUT2D eigenvalue weighted by molar-refractivity contribution is 5.92. The van der Waals surface area contributed by atoms with E-state index in [-0.39, 0.29) is 18.2 Å². The van der Waals surface area contributed by atoms with E-state index in [0.29, 0.717) is 18.7 Å². The fraction of sp³-hybridized carbons (Fsp3) is 0.667. The van der Waals surface area contributed by atoms with Crippen LogP contribution in [0.3, 0.4) is 0 Å². The summed E-state index contributed by atoms with van der Waals surface area (Å²) in [6.07, 6.45) is 4.65. The quantitative estimate of drug-likeness (QED) is 0.840. The summed E-state index contributed by atoms with van der Waals surface area (Å²) in [5, 5.41) is 15.8. The van der Waals surface area contributed by atoms with Gasteiger partial charge in [0.2, 0.25) is 0 Å². The first-order chi connectivity index (χ1) is 10.1. The van der Waals surface area contributed by atoms with E-state index >= 15 is 0 Å². The van der Waals surface area contributed by atoms with Crippen LogP contribution in [-0.2, 0) is 11.2 Å². The van der Waals surface area contributed by atoms with Crippen molar-refractivity contribution in [3.8, 4) is 0 Å². The molecule has 1 aromatic heterocycles. The van der Waals surface area contributed by atoms with E-state index in [0.717, 1.165) is 37.9 Å². The second kappa shape index (κ2) is 7.24. The maximum absolute atomic E-state index is 12.4. The van der Waals surface area contributed by atoms with E-state index in [2.05, 4.69) is 17.1 Å². The molecule has 2 rings (SSSR count). The lowest BCUT2D eigenvalue weighted by Gasteiger charge is -2.32. The minimum atomic E-state index is -0.769. The Morgan fingerprint density at radius 3 is 3.05 bits per heavy atom. The van der Waals surface area contributed by atoms with E-state index in [1.807, 2.05) is 11.0 Å². The molecule has 1 atom stereocenters. The van der Waals surface area contributed by atoms with E-state index in [4.69, 9.17) is 5.11 Å². The molecule has 6 heteroatoms. The van der Waals surface area contributed by atoms with Crippen molar-refractivity contribution in [2.24, 2.45) is 5.92 Å². The van der Waals surface area contributed by atoms with Gasteiger partial charge in [-0.3, -0.25) is 14.7 Å². The van der Waals surface area contributed by atoms with Crippen LogP contribution in [0, 0.1) is 5.92 Å². The second-order valence-electron chi connectivity index (χ2n) is 5.72. The summed E-state index contributed by atoms with van der Waals surface area (Å²) in [5.74, 6) is -0.531. The summed E-state index contributed by atoms with van der Waals surface area (Å²) >= 11 is 0. The van der Waals surface area contributed by atoms with Crippen LogP contribution in [-0.4, -0.2) is 45.2 Å². The number of nitrogens with zero attached hydrogens (tertiary/aromatic N) is 2. The van der Waals surface area contributed by atoms with Gasteiger partial charge in [0.25, 0.3) is 5.91 Å². The number of hydrogen-bond donors (Lipinski definition) is 2. The molecule has 0 unspecified atom stereocenters. The second-order valence-corrected chi connectivity index (χ2v) is 5.72. The van der Waals surface area contributed by atoms with Gasteiger partial charge in [-0.15, -0.1) is 0 Å². The summed E-state index contributed by atoms with van der Waals surface area (Å²) in [4.78, 5) is 24.9. The number of aliphatic carboxylic acids is 1. The number of piperidine rings is 1. The third-order valence-electron chi connectivity index (χ3n) is 3.94. The molecule has 0 saturated carbocycles. The molecule has 0 bridgehead atoms.